The molecule has 0 saturated heterocycles. The average molecular weight is 354 g/mol. The van der Waals surface area contributed by atoms with Crippen LogP contribution in [0.25, 0.3) is 0 Å². The van der Waals surface area contributed by atoms with Crippen molar-refractivity contribution in [2.45, 2.75) is 24.7 Å². The number of aromatic carboxylic acids is 1. The molecule has 0 fully saturated rings. The van der Waals surface area contributed by atoms with Gasteiger partial charge in [-0.05, 0) is 47.9 Å². The summed E-state index contributed by atoms with van der Waals surface area (Å²) in [6.07, 6.45) is 0. The van der Waals surface area contributed by atoms with E-state index in [0.29, 0.717) is 16.3 Å². The van der Waals surface area contributed by atoms with E-state index in [1.165, 1.54) is 30.3 Å². The quantitative estimate of drug-likeness (QED) is 0.852. The molecule has 2 N–H and O–H groups in total. The zero-order chi connectivity index (χ0) is 17.2. The van der Waals surface area contributed by atoms with Gasteiger partial charge in [-0.3, -0.25) is 4.72 Å². The Morgan fingerprint density at radius 3 is 2.26 bits per heavy atom. The third-order valence-corrected chi connectivity index (χ3v) is 4.96. The van der Waals surface area contributed by atoms with E-state index in [4.69, 9.17) is 16.7 Å². The molecule has 0 unspecified atom stereocenters. The van der Waals surface area contributed by atoms with Crippen molar-refractivity contribution in [3.8, 4) is 0 Å². The third kappa shape index (κ3) is 4.03. The monoisotopic (exact) mass is 353 g/mol. The Hall–Kier alpha value is -2.05. The number of nitrogens with one attached hydrogen (secondary N) is 1. The van der Waals surface area contributed by atoms with Crippen LogP contribution in [0.15, 0.2) is 47.4 Å². The SMILES string of the molecule is CC(C)c1ccc(C(=O)O)cc1S(=O)(=O)Nc1ccc(Cl)cc1. The van der Waals surface area contributed by atoms with Crippen molar-refractivity contribution in [2.75, 3.05) is 4.72 Å². The molecule has 0 atom stereocenters. The predicted molar refractivity (Wildman–Crippen MR) is 89.8 cm³/mol. The van der Waals surface area contributed by atoms with Crippen molar-refractivity contribution < 1.29 is 18.3 Å². The minimum absolute atomic E-state index is 0.0395. The van der Waals surface area contributed by atoms with Crippen LogP contribution in [-0.4, -0.2) is 19.5 Å². The summed E-state index contributed by atoms with van der Waals surface area (Å²) in [6, 6.07) is 10.3. The summed E-state index contributed by atoms with van der Waals surface area (Å²) in [5.74, 6) is -1.25. The second kappa shape index (κ2) is 6.60. The van der Waals surface area contributed by atoms with Gasteiger partial charge in [-0.25, -0.2) is 13.2 Å². The van der Waals surface area contributed by atoms with Gasteiger partial charge in [0.15, 0.2) is 0 Å². The normalized spacial score (nSPS) is 11.5. The van der Waals surface area contributed by atoms with E-state index >= 15 is 0 Å². The van der Waals surface area contributed by atoms with Crippen LogP contribution < -0.4 is 4.72 Å². The fraction of sp³-hybridized carbons (Fsp3) is 0.188. The molecular formula is C16H16ClNO4S. The highest BCUT2D eigenvalue weighted by Crippen LogP contribution is 2.27. The van der Waals surface area contributed by atoms with Crippen LogP contribution in [0.3, 0.4) is 0 Å². The molecule has 7 heteroatoms. The number of carboxylic acids is 1. The lowest BCUT2D eigenvalue weighted by Gasteiger charge is -2.15. The van der Waals surface area contributed by atoms with E-state index in [2.05, 4.69) is 4.72 Å². The molecule has 0 spiro atoms. The van der Waals surface area contributed by atoms with Gasteiger partial charge in [0.05, 0.1) is 10.5 Å². The Morgan fingerprint density at radius 2 is 1.74 bits per heavy atom. The highest BCUT2D eigenvalue weighted by Gasteiger charge is 2.22. The molecule has 2 aromatic carbocycles. The lowest BCUT2D eigenvalue weighted by Crippen LogP contribution is -2.16. The van der Waals surface area contributed by atoms with Crippen molar-refractivity contribution in [1.82, 2.24) is 0 Å². The molecule has 122 valence electrons. The number of hydrogen-bond donors (Lipinski definition) is 2. The van der Waals surface area contributed by atoms with E-state index in [0.717, 1.165) is 0 Å². The molecule has 0 aliphatic carbocycles. The van der Waals surface area contributed by atoms with E-state index < -0.39 is 16.0 Å². The molecule has 23 heavy (non-hydrogen) atoms. The molecule has 2 aromatic rings. The zero-order valence-corrected chi connectivity index (χ0v) is 14.1. The predicted octanol–water partition coefficient (Wildman–Crippen LogP) is 3.96. The highest BCUT2D eigenvalue weighted by molar-refractivity contribution is 7.92. The van der Waals surface area contributed by atoms with Crippen LogP contribution >= 0.6 is 11.6 Å². The topological polar surface area (TPSA) is 83.5 Å². The summed E-state index contributed by atoms with van der Waals surface area (Å²) in [5.41, 5.74) is 0.826. The van der Waals surface area contributed by atoms with Gasteiger partial charge in [0.2, 0.25) is 0 Å². The van der Waals surface area contributed by atoms with Gasteiger partial charge in [0.1, 0.15) is 0 Å². The molecule has 0 aliphatic heterocycles. The first-order chi connectivity index (χ1) is 10.7. The fourth-order valence-corrected chi connectivity index (χ4v) is 3.68. The standard InChI is InChI=1S/C16H16ClNO4S/c1-10(2)14-8-3-11(16(19)20)9-15(14)23(21,22)18-13-6-4-12(17)5-7-13/h3-10,18H,1-2H3,(H,19,20). The van der Waals surface area contributed by atoms with E-state index in [1.54, 1.807) is 12.1 Å². The summed E-state index contributed by atoms with van der Waals surface area (Å²) in [6.45, 7) is 3.69. The number of halogens is 1. The van der Waals surface area contributed by atoms with Gasteiger partial charge in [-0.15, -0.1) is 0 Å². The van der Waals surface area contributed by atoms with E-state index in [-0.39, 0.29) is 16.4 Å². The van der Waals surface area contributed by atoms with Crippen LogP contribution in [0.2, 0.25) is 5.02 Å². The zero-order valence-electron chi connectivity index (χ0n) is 12.6. The molecule has 2 rings (SSSR count). The maximum absolute atomic E-state index is 12.6. The van der Waals surface area contributed by atoms with Gasteiger partial charge >= 0.3 is 5.97 Å². The molecule has 0 amide bonds. The number of rotatable bonds is 5. The minimum atomic E-state index is -3.91. The Balaban J connectivity index is 2.50. The van der Waals surface area contributed by atoms with E-state index in [1.807, 2.05) is 13.8 Å². The molecular weight excluding hydrogens is 338 g/mol. The van der Waals surface area contributed by atoms with Crippen LogP contribution in [0, 0.1) is 0 Å². The first-order valence-corrected chi connectivity index (χ1v) is 8.72. The van der Waals surface area contributed by atoms with Gasteiger partial charge in [0, 0.05) is 10.7 Å². The van der Waals surface area contributed by atoms with Crippen molar-refractivity contribution in [3.05, 3.63) is 58.6 Å². The Kier molecular flexibility index (Phi) is 4.97. The van der Waals surface area contributed by atoms with Crippen molar-refractivity contribution in [1.29, 1.82) is 0 Å². The van der Waals surface area contributed by atoms with Crippen LogP contribution in [-0.2, 0) is 10.0 Å². The number of anilines is 1. The minimum Gasteiger partial charge on any atom is -0.478 e. The Labute approximate surface area is 140 Å². The highest BCUT2D eigenvalue weighted by atomic mass is 35.5. The largest absolute Gasteiger partial charge is 0.478 e. The maximum atomic E-state index is 12.6. The summed E-state index contributed by atoms with van der Waals surface area (Å²) in [4.78, 5) is 11.1. The molecule has 0 aliphatic rings. The summed E-state index contributed by atoms with van der Waals surface area (Å²) < 4.78 is 27.7. The second-order valence-corrected chi connectivity index (χ2v) is 7.41. The first kappa shape index (κ1) is 17.3. The second-order valence-electron chi connectivity index (χ2n) is 5.32. The number of carbonyl (C=O) groups is 1. The fourth-order valence-electron chi connectivity index (χ4n) is 2.11. The molecule has 0 bridgehead atoms. The number of hydrogen-bond acceptors (Lipinski definition) is 3. The smallest absolute Gasteiger partial charge is 0.335 e. The summed E-state index contributed by atoms with van der Waals surface area (Å²) in [5, 5.41) is 9.58. The molecule has 0 radical (unpaired) electrons. The Bertz CT molecular complexity index is 830. The van der Waals surface area contributed by atoms with Crippen molar-refractivity contribution in [3.63, 3.8) is 0 Å². The lowest BCUT2D eigenvalue weighted by molar-refractivity contribution is 0.0696. The lowest BCUT2D eigenvalue weighted by atomic mass is 10.0. The number of benzene rings is 2. The van der Waals surface area contributed by atoms with Crippen molar-refractivity contribution >= 4 is 33.3 Å². The molecule has 0 saturated carbocycles. The molecule has 0 aromatic heterocycles. The number of carboxylic acid groups (broad SMARTS) is 1. The third-order valence-electron chi connectivity index (χ3n) is 3.27. The van der Waals surface area contributed by atoms with Crippen LogP contribution in [0.5, 0.6) is 0 Å². The van der Waals surface area contributed by atoms with Gasteiger partial charge in [-0.1, -0.05) is 31.5 Å². The molecule has 5 nitrogen and oxygen atoms in total. The Morgan fingerprint density at radius 1 is 1.13 bits per heavy atom. The van der Waals surface area contributed by atoms with E-state index in [9.17, 15) is 13.2 Å². The van der Waals surface area contributed by atoms with Crippen LogP contribution in [0.1, 0.15) is 35.7 Å². The summed E-state index contributed by atoms with van der Waals surface area (Å²) >= 11 is 5.78. The van der Waals surface area contributed by atoms with Gasteiger partial charge < -0.3 is 5.11 Å². The first-order valence-electron chi connectivity index (χ1n) is 6.86. The van der Waals surface area contributed by atoms with Gasteiger partial charge in [0.25, 0.3) is 10.0 Å². The molecule has 0 heterocycles. The van der Waals surface area contributed by atoms with Crippen LogP contribution in [0.4, 0.5) is 5.69 Å². The summed E-state index contributed by atoms with van der Waals surface area (Å²) in [7, 11) is -3.91. The average Bonchev–Trinajstić information content (AvgIpc) is 2.48. The number of sulfonamides is 1. The van der Waals surface area contributed by atoms with Gasteiger partial charge in [-0.2, -0.15) is 0 Å². The maximum Gasteiger partial charge on any atom is 0.335 e. The van der Waals surface area contributed by atoms with Crippen molar-refractivity contribution in [2.24, 2.45) is 0 Å².